The van der Waals surface area contributed by atoms with Crippen molar-refractivity contribution in [3.05, 3.63) is 72.3 Å². The highest BCUT2D eigenvalue weighted by atomic mass is 32.2. The maximum Gasteiger partial charge on any atom is 0.323 e. The van der Waals surface area contributed by atoms with Crippen molar-refractivity contribution >= 4 is 66.8 Å². The van der Waals surface area contributed by atoms with Crippen LogP contribution in [0.25, 0.3) is 0 Å². The molecular formula is C23H26N10O6S2. The first kappa shape index (κ1) is 30.2. The van der Waals surface area contributed by atoms with Crippen LogP contribution in [0.4, 0.5) is 32.3 Å². The second-order valence-electron chi connectivity index (χ2n) is 8.16. The largest absolute Gasteiger partial charge is 0.369 e. The highest BCUT2D eigenvalue weighted by Gasteiger charge is 2.21. The van der Waals surface area contributed by atoms with Gasteiger partial charge >= 0.3 is 12.1 Å². The second kappa shape index (κ2) is 12.2. The monoisotopic (exact) mass is 602 g/mol. The normalized spacial score (nSPS) is 11.0. The van der Waals surface area contributed by atoms with Crippen molar-refractivity contribution in [3.8, 4) is 0 Å². The molecule has 0 spiro atoms. The molecule has 3 rings (SSSR count). The lowest BCUT2D eigenvalue weighted by Crippen LogP contribution is -2.25. The molecule has 12 N–H and O–H groups in total. The van der Waals surface area contributed by atoms with Crippen LogP contribution in [-0.4, -0.2) is 40.8 Å². The van der Waals surface area contributed by atoms with E-state index in [2.05, 4.69) is 30.1 Å². The molecule has 41 heavy (non-hydrogen) atoms. The van der Waals surface area contributed by atoms with Crippen LogP contribution in [0.2, 0.25) is 0 Å². The Balaban J connectivity index is 1.77. The van der Waals surface area contributed by atoms with Gasteiger partial charge in [0.15, 0.2) is 0 Å². The molecule has 0 saturated carbocycles. The van der Waals surface area contributed by atoms with Crippen molar-refractivity contribution in [2.45, 2.75) is 16.7 Å². The molecule has 0 atom stereocenters. The fraction of sp³-hybridized carbons (Fsp3) is 0.0435. The SMILES string of the molecule is Cc1ccc(NC(=O)Nc2ccccc2S(=O)(=O)N=C(N)N)cc1NC(=O)Nc1ccccc1S(=O)(=O)N=C(N)N. The number of aryl methyl sites for hydroxylation is 1. The Morgan fingerprint density at radius 1 is 0.610 bits per heavy atom. The Morgan fingerprint density at radius 3 is 1.49 bits per heavy atom. The zero-order valence-corrected chi connectivity index (χ0v) is 23.0. The highest BCUT2D eigenvalue weighted by molar-refractivity contribution is 7.90. The quantitative estimate of drug-likeness (QED) is 0.135. The number of rotatable bonds is 8. The number of anilines is 4. The number of hydrogen-bond acceptors (Lipinski definition) is 6. The number of benzene rings is 3. The molecule has 3 aromatic rings. The summed E-state index contributed by atoms with van der Waals surface area (Å²) in [6, 6.07) is 13.9. The number of nitrogens with one attached hydrogen (secondary N) is 4. The van der Waals surface area contributed by atoms with Gasteiger partial charge in [-0.05, 0) is 48.9 Å². The number of amides is 4. The van der Waals surface area contributed by atoms with Crippen LogP contribution >= 0.6 is 0 Å². The number of urea groups is 2. The number of para-hydroxylation sites is 2. The summed E-state index contributed by atoms with van der Waals surface area (Å²) in [5, 5.41) is 9.94. The van der Waals surface area contributed by atoms with E-state index in [4.69, 9.17) is 22.9 Å². The lowest BCUT2D eigenvalue weighted by molar-refractivity contribution is 0.261. The van der Waals surface area contributed by atoms with Gasteiger partial charge in [0.05, 0.1) is 11.4 Å². The number of nitrogens with two attached hydrogens (primary N) is 4. The van der Waals surface area contributed by atoms with Gasteiger partial charge in [-0.3, -0.25) is 0 Å². The molecule has 0 aliphatic heterocycles. The number of sulfonamides is 2. The Bertz CT molecular complexity index is 1760. The van der Waals surface area contributed by atoms with Gasteiger partial charge in [0.25, 0.3) is 20.0 Å². The first-order chi connectivity index (χ1) is 19.2. The maximum atomic E-state index is 12.7. The smallest absolute Gasteiger partial charge is 0.323 e. The van der Waals surface area contributed by atoms with E-state index in [1.807, 2.05) is 0 Å². The van der Waals surface area contributed by atoms with Crippen molar-refractivity contribution in [1.82, 2.24) is 0 Å². The Labute approximate surface area is 235 Å². The van der Waals surface area contributed by atoms with E-state index in [0.717, 1.165) is 0 Å². The Kier molecular flexibility index (Phi) is 9.00. The molecule has 216 valence electrons. The van der Waals surface area contributed by atoms with Crippen LogP contribution in [0.1, 0.15) is 5.56 Å². The minimum absolute atomic E-state index is 0.0874. The number of hydrogen-bond donors (Lipinski definition) is 8. The van der Waals surface area contributed by atoms with Crippen LogP contribution < -0.4 is 44.2 Å². The molecule has 0 heterocycles. The van der Waals surface area contributed by atoms with E-state index in [0.29, 0.717) is 5.56 Å². The average molecular weight is 603 g/mol. The van der Waals surface area contributed by atoms with Crippen LogP contribution in [0.15, 0.2) is 85.3 Å². The third kappa shape index (κ3) is 8.07. The van der Waals surface area contributed by atoms with E-state index in [-0.39, 0.29) is 32.5 Å². The standard InChI is InChI=1S/C23H26N10O6S2/c1-13-10-11-14(28-22(34)29-15-6-2-4-8-18(15)40(36,37)32-20(24)25)12-17(13)31-23(35)30-16-7-3-5-9-19(16)41(38,39)33-21(26)27/h2-12H,1H3,(H4,24,25,32)(H4,26,27,33)(H2,28,29,34)(H2,30,31,35). The van der Waals surface area contributed by atoms with Crippen molar-refractivity contribution in [1.29, 1.82) is 0 Å². The van der Waals surface area contributed by atoms with Gasteiger partial charge in [-0.1, -0.05) is 30.3 Å². The summed E-state index contributed by atoms with van der Waals surface area (Å²) in [6.45, 7) is 1.68. The summed E-state index contributed by atoms with van der Waals surface area (Å²) in [7, 11) is -8.59. The first-order valence-electron chi connectivity index (χ1n) is 11.3. The fourth-order valence-corrected chi connectivity index (χ4v) is 5.41. The number of nitrogens with zero attached hydrogens (tertiary/aromatic N) is 2. The minimum Gasteiger partial charge on any atom is -0.369 e. The average Bonchev–Trinajstić information content (AvgIpc) is 2.85. The third-order valence-electron chi connectivity index (χ3n) is 5.02. The molecule has 18 heteroatoms. The molecular weight excluding hydrogens is 576 g/mol. The summed E-state index contributed by atoms with van der Waals surface area (Å²) in [5.74, 6) is -1.35. The summed E-state index contributed by atoms with van der Waals surface area (Å²) in [4.78, 5) is 24.7. The number of carbonyl (C=O) groups is 2. The van der Waals surface area contributed by atoms with Gasteiger partial charge in [-0.25, -0.2) is 9.59 Å². The van der Waals surface area contributed by atoms with E-state index >= 15 is 0 Å². The Morgan fingerprint density at radius 2 is 1.02 bits per heavy atom. The molecule has 0 aliphatic carbocycles. The predicted octanol–water partition coefficient (Wildman–Crippen LogP) is 1.21. The summed E-state index contributed by atoms with van der Waals surface area (Å²) < 4.78 is 56.2. The number of guanidine groups is 2. The van der Waals surface area contributed by atoms with Gasteiger partial charge in [-0.2, -0.15) is 16.8 Å². The predicted molar refractivity (Wildman–Crippen MR) is 155 cm³/mol. The van der Waals surface area contributed by atoms with Crippen LogP contribution in [-0.2, 0) is 20.0 Å². The van der Waals surface area contributed by atoms with Crippen molar-refractivity contribution in [2.75, 3.05) is 21.3 Å². The van der Waals surface area contributed by atoms with Gasteiger partial charge < -0.3 is 44.2 Å². The first-order valence-corrected chi connectivity index (χ1v) is 14.2. The van der Waals surface area contributed by atoms with Gasteiger partial charge in [0, 0.05) is 11.4 Å². The summed E-state index contributed by atoms with van der Waals surface area (Å²) >= 11 is 0. The van der Waals surface area contributed by atoms with Gasteiger partial charge in [-0.15, -0.1) is 8.80 Å². The molecule has 0 radical (unpaired) electrons. The maximum absolute atomic E-state index is 12.7. The highest BCUT2D eigenvalue weighted by Crippen LogP contribution is 2.26. The summed E-state index contributed by atoms with van der Waals surface area (Å²) in [5.41, 5.74) is 21.7. The fourth-order valence-electron chi connectivity index (χ4n) is 3.36. The zero-order valence-electron chi connectivity index (χ0n) is 21.3. The minimum atomic E-state index is -4.30. The molecule has 0 aliphatic rings. The molecule has 4 amide bonds. The molecule has 0 saturated heterocycles. The summed E-state index contributed by atoms with van der Waals surface area (Å²) in [6.07, 6.45) is 0. The van der Waals surface area contributed by atoms with Crippen molar-refractivity contribution in [2.24, 2.45) is 31.7 Å². The van der Waals surface area contributed by atoms with E-state index in [9.17, 15) is 26.4 Å². The van der Waals surface area contributed by atoms with E-state index in [1.54, 1.807) is 13.0 Å². The number of carbonyl (C=O) groups excluding carboxylic acids is 2. The Hall–Kier alpha value is -5.36. The van der Waals surface area contributed by atoms with Crippen LogP contribution in [0.5, 0.6) is 0 Å². The molecule has 0 aromatic heterocycles. The zero-order chi connectivity index (χ0) is 30.4. The van der Waals surface area contributed by atoms with Gasteiger partial charge in [0.2, 0.25) is 11.9 Å². The molecule has 0 fully saturated rings. The van der Waals surface area contributed by atoms with Crippen molar-refractivity contribution < 1.29 is 26.4 Å². The molecule has 0 bridgehead atoms. The second-order valence-corrected chi connectivity index (χ2v) is 11.3. The van der Waals surface area contributed by atoms with Gasteiger partial charge in [0.1, 0.15) is 9.79 Å². The van der Waals surface area contributed by atoms with Crippen LogP contribution in [0, 0.1) is 6.92 Å². The lowest BCUT2D eigenvalue weighted by atomic mass is 10.2. The van der Waals surface area contributed by atoms with E-state index < -0.39 is 44.0 Å². The van der Waals surface area contributed by atoms with E-state index in [1.165, 1.54) is 60.7 Å². The molecule has 0 unspecified atom stereocenters. The topological polar surface area (TPSA) is 279 Å². The van der Waals surface area contributed by atoms with Crippen molar-refractivity contribution in [3.63, 3.8) is 0 Å². The molecule has 16 nitrogen and oxygen atoms in total. The lowest BCUT2D eigenvalue weighted by Gasteiger charge is -2.14. The van der Waals surface area contributed by atoms with Crippen LogP contribution in [0.3, 0.4) is 0 Å². The molecule has 3 aromatic carbocycles. The third-order valence-corrected chi connectivity index (χ3v) is 7.75.